The number of carbonyl (C=O) groups excluding carboxylic acids is 2. The van der Waals surface area contributed by atoms with E-state index in [-0.39, 0.29) is 0 Å². The van der Waals surface area contributed by atoms with Crippen LogP contribution in [-0.2, 0) is 16.1 Å². The highest BCUT2D eigenvalue weighted by molar-refractivity contribution is 6.34. The molecule has 1 rings (SSSR count). The fourth-order valence-corrected chi connectivity index (χ4v) is 1.06. The number of nitrogens with one attached hydrogen (secondary N) is 1. The molecule has 1 N–H and O–H groups in total. The fourth-order valence-electron chi connectivity index (χ4n) is 1.06. The molecule has 0 aromatic heterocycles. The number of hydrogen-bond acceptors (Lipinski definition) is 2. The molecule has 0 bridgehead atoms. The van der Waals surface area contributed by atoms with Crippen molar-refractivity contribution in [2.24, 2.45) is 0 Å². The van der Waals surface area contributed by atoms with Crippen molar-refractivity contribution in [2.75, 3.05) is 14.1 Å². The Balaban J connectivity index is 2.45. The van der Waals surface area contributed by atoms with Gasteiger partial charge in [-0.3, -0.25) is 9.59 Å². The summed E-state index contributed by atoms with van der Waals surface area (Å²) in [6, 6.07) is 9.45. The van der Waals surface area contributed by atoms with Crippen LogP contribution in [0.2, 0.25) is 0 Å². The molecule has 0 unspecified atom stereocenters. The molecule has 1 aromatic carbocycles. The first-order valence-corrected chi connectivity index (χ1v) is 4.64. The summed E-state index contributed by atoms with van der Waals surface area (Å²) >= 11 is 0. The molecule has 0 radical (unpaired) electrons. The molecule has 15 heavy (non-hydrogen) atoms. The standard InChI is InChI=1S/C11H14N2O2/c1-13(2)11(15)10(14)12-8-9-6-4-3-5-7-9/h3-7H,8H2,1-2H3,(H,12,14). The van der Waals surface area contributed by atoms with Crippen molar-refractivity contribution in [1.82, 2.24) is 10.2 Å². The molecule has 80 valence electrons. The van der Waals surface area contributed by atoms with Crippen LogP contribution in [0.4, 0.5) is 0 Å². The maximum atomic E-state index is 11.3. The van der Waals surface area contributed by atoms with E-state index < -0.39 is 11.8 Å². The first-order chi connectivity index (χ1) is 7.11. The molecule has 0 aliphatic rings. The Morgan fingerprint density at radius 2 is 1.80 bits per heavy atom. The van der Waals surface area contributed by atoms with Crippen molar-refractivity contribution in [3.63, 3.8) is 0 Å². The summed E-state index contributed by atoms with van der Waals surface area (Å²) < 4.78 is 0. The Morgan fingerprint density at radius 3 is 2.33 bits per heavy atom. The van der Waals surface area contributed by atoms with Crippen molar-refractivity contribution in [3.8, 4) is 0 Å². The molecular weight excluding hydrogens is 192 g/mol. The summed E-state index contributed by atoms with van der Waals surface area (Å²) in [5.74, 6) is -1.12. The number of carbonyl (C=O) groups is 2. The minimum absolute atomic E-state index is 0.374. The molecule has 0 aliphatic carbocycles. The molecule has 0 saturated heterocycles. The minimum Gasteiger partial charge on any atom is -0.344 e. The van der Waals surface area contributed by atoms with E-state index in [0.717, 1.165) is 5.56 Å². The Kier molecular flexibility index (Phi) is 3.85. The fraction of sp³-hybridized carbons (Fsp3) is 0.273. The summed E-state index contributed by atoms with van der Waals surface area (Å²) in [6.07, 6.45) is 0. The molecule has 0 atom stereocenters. The van der Waals surface area contributed by atoms with E-state index >= 15 is 0 Å². The van der Waals surface area contributed by atoms with Gasteiger partial charge in [0.25, 0.3) is 0 Å². The second-order valence-corrected chi connectivity index (χ2v) is 3.37. The van der Waals surface area contributed by atoms with Crippen LogP contribution in [-0.4, -0.2) is 30.8 Å². The lowest BCUT2D eigenvalue weighted by Gasteiger charge is -2.09. The van der Waals surface area contributed by atoms with Gasteiger partial charge >= 0.3 is 11.8 Å². The van der Waals surface area contributed by atoms with Gasteiger partial charge in [0.15, 0.2) is 0 Å². The Morgan fingerprint density at radius 1 is 1.20 bits per heavy atom. The monoisotopic (exact) mass is 206 g/mol. The number of hydrogen-bond donors (Lipinski definition) is 1. The summed E-state index contributed by atoms with van der Waals surface area (Å²) in [6.45, 7) is 0.374. The number of amides is 2. The van der Waals surface area contributed by atoms with Gasteiger partial charge in [0.05, 0.1) is 0 Å². The predicted octanol–water partition coefficient (Wildman–Crippen LogP) is 0.391. The summed E-state index contributed by atoms with van der Waals surface area (Å²) in [4.78, 5) is 23.7. The summed E-state index contributed by atoms with van der Waals surface area (Å²) in [5.41, 5.74) is 0.970. The lowest BCUT2D eigenvalue weighted by atomic mass is 10.2. The first-order valence-electron chi connectivity index (χ1n) is 4.64. The summed E-state index contributed by atoms with van der Waals surface area (Å²) in [7, 11) is 3.09. The van der Waals surface area contributed by atoms with Crippen molar-refractivity contribution >= 4 is 11.8 Å². The number of likely N-dealkylation sites (N-methyl/N-ethyl adjacent to an activating group) is 1. The van der Waals surface area contributed by atoms with Crippen LogP contribution in [0.15, 0.2) is 30.3 Å². The predicted molar refractivity (Wildman–Crippen MR) is 57.0 cm³/mol. The van der Waals surface area contributed by atoms with Crippen LogP contribution in [0.1, 0.15) is 5.56 Å². The zero-order valence-electron chi connectivity index (χ0n) is 8.86. The highest BCUT2D eigenvalue weighted by Gasteiger charge is 2.14. The van der Waals surface area contributed by atoms with Crippen molar-refractivity contribution < 1.29 is 9.59 Å². The third-order valence-electron chi connectivity index (χ3n) is 1.90. The van der Waals surface area contributed by atoms with E-state index in [0.29, 0.717) is 6.54 Å². The van der Waals surface area contributed by atoms with Gasteiger partial charge in [-0.25, -0.2) is 0 Å². The Hall–Kier alpha value is -1.84. The van der Waals surface area contributed by atoms with Crippen molar-refractivity contribution in [2.45, 2.75) is 6.54 Å². The van der Waals surface area contributed by atoms with Gasteiger partial charge in [-0.15, -0.1) is 0 Å². The third kappa shape index (κ3) is 3.42. The van der Waals surface area contributed by atoms with Gasteiger partial charge in [-0.1, -0.05) is 30.3 Å². The molecule has 0 fully saturated rings. The van der Waals surface area contributed by atoms with Gasteiger partial charge in [0, 0.05) is 20.6 Å². The third-order valence-corrected chi connectivity index (χ3v) is 1.90. The maximum absolute atomic E-state index is 11.3. The number of rotatable bonds is 2. The summed E-state index contributed by atoms with van der Waals surface area (Å²) in [5, 5.41) is 2.55. The molecule has 0 heterocycles. The second-order valence-electron chi connectivity index (χ2n) is 3.37. The topological polar surface area (TPSA) is 49.4 Å². The highest BCUT2D eigenvalue weighted by atomic mass is 16.2. The van der Waals surface area contributed by atoms with E-state index in [2.05, 4.69) is 5.32 Å². The molecule has 2 amide bonds. The van der Waals surface area contributed by atoms with Gasteiger partial charge in [-0.2, -0.15) is 0 Å². The van der Waals surface area contributed by atoms with E-state index in [1.165, 1.54) is 4.90 Å². The Bertz CT molecular complexity index is 347. The van der Waals surface area contributed by atoms with Crippen molar-refractivity contribution in [1.29, 1.82) is 0 Å². The van der Waals surface area contributed by atoms with Crippen LogP contribution in [0.25, 0.3) is 0 Å². The molecule has 1 aromatic rings. The lowest BCUT2D eigenvalue weighted by Crippen LogP contribution is -2.38. The largest absolute Gasteiger partial charge is 0.344 e. The van der Waals surface area contributed by atoms with Crippen LogP contribution in [0.3, 0.4) is 0 Å². The van der Waals surface area contributed by atoms with Crippen LogP contribution in [0, 0.1) is 0 Å². The highest BCUT2D eigenvalue weighted by Crippen LogP contribution is 1.97. The minimum atomic E-state index is -0.580. The Labute approximate surface area is 88.9 Å². The SMILES string of the molecule is CN(C)C(=O)C(=O)NCc1ccccc1. The van der Waals surface area contributed by atoms with Gasteiger partial charge in [0.2, 0.25) is 0 Å². The number of benzene rings is 1. The number of nitrogens with zero attached hydrogens (tertiary/aromatic N) is 1. The van der Waals surface area contributed by atoms with Gasteiger partial charge < -0.3 is 10.2 Å². The zero-order chi connectivity index (χ0) is 11.3. The smallest absolute Gasteiger partial charge is 0.311 e. The lowest BCUT2D eigenvalue weighted by molar-refractivity contribution is -0.144. The molecule has 4 nitrogen and oxygen atoms in total. The maximum Gasteiger partial charge on any atom is 0.311 e. The van der Waals surface area contributed by atoms with E-state index in [9.17, 15) is 9.59 Å². The second kappa shape index (κ2) is 5.14. The average molecular weight is 206 g/mol. The average Bonchev–Trinajstić information content (AvgIpc) is 2.26. The molecular formula is C11H14N2O2. The van der Waals surface area contributed by atoms with Crippen LogP contribution >= 0.6 is 0 Å². The van der Waals surface area contributed by atoms with E-state index in [1.807, 2.05) is 30.3 Å². The van der Waals surface area contributed by atoms with Crippen molar-refractivity contribution in [3.05, 3.63) is 35.9 Å². The first kappa shape index (κ1) is 11.2. The molecule has 0 saturated carbocycles. The van der Waals surface area contributed by atoms with E-state index in [4.69, 9.17) is 0 Å². The molecule has 0 spiro atoms. The molecule has 4 heteroatoms. The van der Waals surface area contributed by atoms with Crippen LogP contribution < -0.4 is 5.32 Å². The van der Waals surface area contributed by atoms with Crippen LogP contribution in [0.5, 0.6) is 0 Å². The molecule has 0 aliphatic heterocycles. The van der Waals surface area contributed by atoms with E-state index in [1.54, 1.807) is 14.1 Å². The van der Waals surface area contributed by atoms with Gasteiger partial charge in [0.1, 0.15) is 0 Å². The van der Waals surface area contributed by atoms with Gasteiger partial charge in [-0.05, 0) is 5.56 Å². The zero-order valence-corrected chi connectivity index (χ0v) is 8.86. The quantitative estimate of drug-likeness (QED) is 0.712. The normalized spacial score (nSPS) is 9.47.